The molecule has 0 aliphatic carbocycles. The third kappa shape index (κ3) is 2.60. The molecule has 2 aromatic rings. The van der Waals surface area contributed by atoms with Gasteiger partial charge in [-0.3, -0.25) is 4.79 Å². The van der Waals surface area contributed by atoms with E-state index in [-0.39, 0.29) is 5.82 Å². The Morgan fingerprint density at radius 1 is 1.33 bits per heavy atom. The highest BCUT2D eigenvalue weighted by atomic mass is 19.1. The van der Waals surface area contributed by atoms with Crippen LogP contribution in [0.4, 0.5) is 4.39 Å². The van der Waals surface area contributed by atoms with E-state index in [1.54, 1.807) is 12.1 Å². The van der Waals surface area contributed by atoms with E-state index in [9.17, 15) is 14.0 Å². The van der Waals surface area contributed by atoms with Crippen LogP contribution in [0.2, 0.25) is 0 Å². The van der Waals surface area contributed by atoms with Crippen molar-refractivity contribution < 1.29 is 14.3 Å². The summed E-state index contributed by atoms with van der Waals surface area (Å²) in [5, 5.41) is 8.68. The van der Waals surface area contributed by atoms with Gasteiger partial charge in [0.05, 0.1) is 0 Å². The molecule has 0 atom stereocenters. The van der Waals surface area contributed by atoms with Crippen LogP contribution >= 0.6 is 0 Å². The van der Waals surface area contributed by atoms with Crippen LogP contribution < -0.4 is 5.56 Å². The Bertz CT molecular complexity index is 635. The van der Waals surface area contributed by atoms with Gasteiger partial charge in [0, 0.05) is 12.6 Å². The highest BCUT2D eigenvalue weighted by Crippen LogP contribution is 2.06. The molecular weight excluding hydrogens is 239 g/mol. The number of aromatic nitrogens is 2. The topological polar surface area (TPSA) is 83.0 Å². The lowest BCUT2D eigenvalue weighted by Crippen LogP contribution is -2.20. The second-order valence-electron chi connectivity index (χ2n) is 3.68. The van der Waals surface area contributed by atoms with Gasteiger partial charge >= 0.3 is 5.97 Å². The maximum atomic E-state index is 12.7. The van der Waals surface area contributed by atoms with E-state index in [0.717, 1.165) is 11.8 Å². The number of carboxylic acid groups (broad SMARTS) is 1. The molecule has 0 aliphatic rings. The SMILES string of the molecule is O=C(O)c1cnc(Cc2ccc(F)cc2)[nH]c1=O. The summed E-state index contributed by atoms with van der Waals surface area (Å²) in [4.78, 5) is 28.2. The molecule has 0 fully saturated rings. The maximum Gasteiger partial charge on any atom is 0.342 e. The number of carboxylic acids is 1. The molecule has 0 spiro atoms. The first-order valence-corrected chi connectivity index (χ1v) is 5.12. The molecule has 1 aromatic heterocycles. The van der Waals surface area contributed by atoms with Gasteiger partial charge in [-0.05, 0) is 17.7 Å². The first-order valence-electron chi connectivity index (χ1n) is 5.12. The Morgan fingerprint density at radius 2 is 2.00 bits per heavy atom. The van der Waals surface area contributed by atoms with Gasteiger partial charge in [0.15, 0.2) is 0 Å². The lowest BCUT2D eigenvalue weighted by Gasteiger charge is -2.01. The predicted octanol–water partition coefficient (Wildman–Crippen LogP) is 1.20. The fourth-order valence-corrected chi connectivity index (χ4v) is 1.47. The van der Waals surface area contributed by atoms with Crippen LogP contribution in [-0.4, -0.2) is 21.0 Å². The van der Waals surface area contributed by atoms with Crippen molar-refractivity contribution in [3.8, 4) is 0 Å². The number of benzene rings is 1. The van der Waals surface area contributed by atoms with Crippen molar-refractivity contribution in [3.05, 3.63) is 63.6 Å². The Balaban J connectivity index is 2.25. The summed E-state index contributed by atoms with van der Waals surface area (Å²) in [5.74, 6) is -1.34. The number of hydrogen-bond acceptors (Lipinski definition) is 3. The van der Waals surface area contributed by atoms with E-state index in [4.69, 9.17) is 5.11 Å². The number of hydrogen-bond donors (Lipinski definition) is 2. The molecule has 0 bridgehead atoms. The van der Waals surface area contributed by atoms with Gasteiger partial charge in [-0.15, -0.1) is 0 Å². The molecule has 0 unspecified atom stereocenters. The number of aromatic carboxylic acids is 1. The van der Waals surface area contributed by atoms with E-state index in [2.05, 4.69) is 9.97 Å². The van der Waals surface area contributed by atoms with Crippen LogP contribution in [0.15, 0.2) is 35.3 Å². The van der Waals surface area contributed by atoms with Gasteiger partial charge in [-0.25, -0.2) is 14.2 Å². The van der Waals surface area contributed by atoms with Crippen LogP contribution in [0.1, 0.15) is 21.7 Å². The Hall–Kier alpha value is -2.50. The number of H-pyrrole nitrogens is 1. The first kappa shape index (κ1) is 12.0. The van der Waals surface area contributed by atoms with Gasteiger partial charge in [-0.1, -0.05) is 12.1 Å². The van der Waals surface area contributed by atoms with Crippen molar-refractivity contribution >= 4 is 5.97 Å². The number of carbonyl (C=O) groups is 1. The molecule has 2 N–H and O–H groups in total. The lowest BCUT2D eigenvalue weighted by molar-refractivity contribution is 0.0694. The van der Waals surface area contributed by atoms with E-state index in [1.165, 1.54) is 12.1 Å². The van der Waals surface area contributed by atoms with Crippen molar-refractivity contribution in [3.63, 3.8) is 0 Å². The summed E-state index contributed by atoms with van der Waals surface area (Å²) in [6.45, 7) is 0. The summed E-state index contributed by atoms with van der Waals surface area (Å²) in [6.07, 6.45) is 1.31. The highest BCUT2D eigenvalue weighted by molar-refractivity contribution is 5.86. The normalized spacial score (nSPS) is 10.3. The molecular formula is C12H9FN2O3. The molecule has 1 aromatic carbocycles. The van der Waals surface area contributed by atoms with Gasteiger partial charge in [0.2, 0.25) is 0 Å². The molecule has 0 saturated carbocycles. The molecule has 0 radical (unpaired) electrons. The second-order valence-corrected chi connectivity index (χ2v) is 3.68. The minimum absolute atomic E-state index is 0.301. The van der Waals surface area contributed by atoms with Crippen LogP contribution in [0.25, 0.3) is 0 Å². The van der Waals surface area contributed by atoms with Gasteiger partial charge in [0.1, 0.15) is 17.2 Å². The molecule has 6 heteroatoms. The number of aromatic amines is 1. The average Bonchev–Trinajstić information content (AvgIpc) is 2.32. The zero-order chi connectivity index (χ0) is 13.1. The predicted molar refractivity (Wildman–Crippen MR) is 61.0 cm³/mol. The monoisotopic (exact) mass is 248 g/mol. The molecule has 18 heavy (non-hydrogen) atoms. The summed E-state index contributed by atoms with van der Waals surface area (Å²) >= 11 is 0. The second kappa shape index (κ2) is 4.79. The fourth-order valence-electron chi connectivity index (χ4n) is 1.47. The number of nitrogens with one attached hydrogen (secondary N) is 1. The zero-order valence-corrected chi connectivity index (χ0v) is 9.18. The van der Waals surface area contributed by atoms with Crippen LogP contribution in [0.3, 0.4) is 0 Å². The van der Waals surface area contributed by atoms with E-state index < -0.39 is 17.1 Å². The average molecular weight is 248 g/mol. The maximum absolute atomic E-state index is 12.7. The number of halogens is 1. The Morgan fingerprint density at radius 3 is 2.56 bits per heavy atom. The van der Waals surface area contributed by atoms with Crippen LogP contribution in [-0.2, 0) is 6.42 Å². The van der Waals surface area contributed by atoms with Gasteiger partial charge in [0.25, 0.3) is 5.56 Å². The van der Waals surface area contributed by atoms with E-state index >= 15 is 0 Å². The third-order valence-electron chi connectivity index (χ3n) is 2.37. The molecule has 5 nitrogen and oxygen atoms in total. The number of rotatable bonds is 3. The van der Waals surface area contributed by atoms with Crippen molar-refractivity contribution in [2.45, 2.75) is 6.42 Å². The fraction of sp³-hybridized carbons (Fsp3) is 0.0833. The number of nitrogens with zero attached hydrogens (tertiary/aromatic N) is 1. The Kier molecular flexibility index (Phi) is 3.18. The Labute approximate surface area is 101 Å². The van der Waals surface area contributed by atoms with Crippen LogP contribution in [0, 0.1) is 5.82 Å². The van der Waals surface area contributed by atoms with Crippen molar-refractivity contribution in [1.29, 1.82) is 0 Å². The van der Waals surface area contributed by atoms with E-state index in [0.29, 0.717) is 12.2 Å². The molecule has 1 heterocycles. The van der Waals surface area contributed by atoms with Crippen molar-refractivity contribution in [2.75, 3.05) is 0 Å². The minimum atomic E-state index is -1.32. The first-order chi connectivity index (χ1) is 8.56. The van der Waals surface area contributed by atoms with Gasteiger partial charge < -0.3 is 10.1 Å². The molecule has 92 valence electrons. The smallest absolute Gasteiger partial charge is 0.342 e. The summed E-state index contributed by atoms with van der Waals surface area (Å²) < 4.78 is 12.7. The van der Waals surface area contributed by atoms with E-state index in [1.807, 2.05) is 0 Å². The molecule has 2 rings (SSSR count). The summed E-state index contributed by atoms with van der Waals surface area (Å²) in [5.41, 5.74) is -0.338. The van der Waals surface area contributed by atoms with Crippen LogP contribution in [0.5, 0.6) is 0 Å². The summed E-state index contributed by atoms with van der Waals surface area (Å²) in [7, 11) is 0. The quantitative estimate of drug-likeness (QED) is 0.854. The standard InChI is InChI=1S/C12H9FN2O3/c13-8-3-1-7(2-4-8)5-10-14-6-9(12(17)18)11(16)15-10/h1-4,6H,5H2,(H,17,18)(H,14,15,16). The molecule has 0 saturated heterocycles. The lowest BCUT2D eigenvalue weighted by atomic mass is 10.1. The van der Waals surface area contributed by atoms with Gasteiger partial charge in [-0.2, -0.15) is 0 Å². The minimum Gasteiger partial charge on any atom is -0.477 e. The van der Waals surface area contributed by atoms with Crippen molar-refractivity contribution in [2.24, 2.45) is 0 Å². The van der Waals surface area contributed by atoms with Crippen molar-refractivity contribution in [1.82, 2.24) is 9.97 Å². The highest BCUT2D eigenvalue weighted by Gasteiger charge is 2.09. The largest absolute Gasteiger partial charge is 0.477 e. The summed E-state index contributed by atoms with van der Waals surface area (Å²) in [6, 6.07) is 5.75. The molecule has 0 amide bonds. The molecule has 0 aliphatic heterocycles. The zero-order valence-electron chi connectivity index (χ0n) is 9.18. The third-order valence-corrected chi connectivity index (χ3v) is 2.37.